The normalized spacial score (nSPS) is 46.7. The van der Waals surface area contributed by atoms with Crippen molar-refractivity contribution in [2.75, 3.05) is 32.7 Å². The van der Waals surface area contributed by atoms with Crippen LogP contribution in [0.1, 0.15) is 74.1 Å². The summed E-state index contributed by atoms with van der Waals surface area (Å²) in [7, 11) is 0. The van der Waals surface area contributed by atoms with Crippen LogP contribution in [0.15, 0.2) is 0 Å². The first-order chi connectivity index (χ1) is 12.5. The van der Waals surface area contributed by atoms with E-state index in [4.69, 9.17) is 0 Å². The average Bonchev–Trinajstić information content (AvgIpc) is 3.49. The van der Waals surface area contributed by atoms with Gasteiger partial charge in [-0.1, -0.05) is 34.6 Å². The van der Waals surface area contributed by atoms with Crippen LogP contribution in [0.2, 0.25) is 0 Å². The fourth-order valence-electron chi connectivity index (χ4n) is 7.82. The summed E-state index contributed by atoms with van der Waals surface area (Å²) in [4.78, 5) is 5.61. The zero-order valence-electron chi connectivity index (χ0n) is 19.1. The van der Waals surface area contributed by atoms with Gasteiger partial charge in [0.25, 0.3) is 0 Å². The van der Waals surface area contributed by atoms with Gasteiger partial charge in [-0.2, -0.15) is 0 Å². The van der Waals surface area contributed by atoms with Crippen LogP contribution >= 0.6 is 0 Å². The van der Waals surface area contributed by atoms with Crippen molar-refractivity contribution < 1.29 is 0 Å². The van der Waals surface area contributed by atoms with Gasteiger partial charge < -0.3 is 9.80 Å². The molecule has 0 aromatic heterocycles. The highest BCUT2D eigenvalue weighted by Crippen LogP contribution is 2.70. The Balaban J connectivity index is 1.14. The molecule has 5 fully saturated rings. The molecule has 5 aliphatic rings. The molecule has 2 saturated heterocycles. The predicted octanol–water partition coefficient (Wildman–Crippen LogP) is 5.14. The van der Waals surface area contributed by atoms with Crippen molar-refractivity contribution in [3.05, 3.63) is 0 Å². The summed E-state index contributed by atoms with van der Waals surface area (Å²) in [5.41, 5.74) is 2.37. The smallest absolute Gasteiger partial charge is 0.00492 e. The molecular formula is C25H44N2. The summed E-state index contributed by atoms with van der Waals surface area (Å²) < 4.78 is 0. The molecule has 6 unspecified atom stereocenters. The maximum Gasteiger partial charge on any atom is 0.00492 e. The fraction of sp³-hybridized carbons (Fsp3) is 1.00. The van der Waals surface area contributed by atoms with E-state index in [-0.39, 0.29) is 0 Å². The summed E-state index contributed by atoms with van der Waals surface area (Å²) in [6.45, 7) is 24.4. The van der Waals surface area contributed by atoms with Crippen LogP contribution in [0.25, 0.3) is 0 Å². The lowest BCUT2D eigenvalue weighted by molar-refractivity contribution is 0.121. The van der Waals surface area contributed by atoms with Gasteiger partial charge in [0.2, 0.25) is 0 Å². The molecule has 2 heteroatoms. The first-order valence-corrected chi connectivity index (χ1v) is 11.9. The first-order valence-electron chi connectivity index (χ1n) is 11.9. The third-order valence-electron chi connectivity index (χ3n) is 10.3. The van der Waals surface area contributed by atoms with E-state index in [1.165, 1.54) is 58.4 Å². The molecule has 3 saturated carbocycles. The standard InChI is InChI=1S/C25H44N2/c1-17(2)27-14-21-11-25(21,16-27)23(6,7)9-18-8-19(18)12-26-13-20-10-24(20,15-26)22(3,4)5/h17-21H,8-16H2,1-7H3. The van der Waals surface area contributed by atoms with E-state index in [9.17, 15) is 0 Å². The molecule has 2 aliphatic heterocycles. The quantitative estimate of drug-likeness (QED) is 0.637. The molecule has 0 aromatic carbocycles. The van der Waals surface area contributed by atoms with Crippen molar-refractivity contribution in [3.63, 3.8) is 0 Å². The van der Waals surface area contributed by atoms with E-state index in [1.54, 1.807) is 0 Å². The van der Waals surface area contributed by atoms with E-state index in [2.05, 4.69) is 58.3 Å². The first kappa shape index (κ1) is 18.9. The van der Waals surface area contributed by atoms with Crippen LogP contribution in [-0.2, 0) is 0 Å². The van der Waals surface area contributed by atoms with Gasteiger partial charge in [0.05, 0.1) is 0 Å². The monoisotopic (exact) mass is 372 g/mol. The molecule has 5 rings (SSSR count). The minimum absolute atomic E-state index is 0.502. The Morgan fingerprint density at radius 2 is 1.56 bits per heavy atom. The third-order valence-corrected chi connectivity index (χ3v) is 10.3. The number of rotatable bonds is 6. The molecule has 0 radical (unpaired) electrons. The predicted molar refractivity (Wildman–Crippen MR) is 114 cm³/mol. The van der Waals surface area contributed by atoms with Gasteiger partial charge in [0.1, 0.15) is 0 Å². The average molecular weight is 373 g/mol. The van der Waals surface area contributed by atoms with E-state index in [0.29, 0.717) is 21.7 Å². The zero-order valence-corrected chi connectivity index (χ0v) is 19.1. The molecular weight excluding hydrogens is 328 g/mol. The van der Waals surface area contributed by atoms with Crippen molar-refractivity contribution in [2.45, 2.75) is 80.2 Å². The fourth-order valence-corrected chi connectivity index (χ4v) is 7.82. The van der Waals surface area contributed by atoms with Gasteiger partial charge in [-0.3, -0.25) is 0 Å². The Morgan fingerprint density at radius 1 is 0.889 bits per heavy atom. The van der Waals surface area contributed by atoms with Crippen molar-refractivity contribution in [1.82, 2.24) is 9.80 Å². The van der Waals surface area contributed by atoms with Gasteiger partial charge in [-0.05, 0) is 84.9 Å². The summed E-state index contributed by atoms with van der Waals surface area (Å²) >= 11 is 0. The van der Waals surface area contributed by atoms with Crippen molar-refractivity contribution in [1.29, 1.82) is 0 Å². The molecule has 3 aliphatic carbocycles. The molecule has 0 aromatic rings. The van der Waals surface area contributed by atoms with E-state index in [1.807, 2.05) is 0 Å². The molecule has 2 nitrogen and oxygen atoms in total. The van der Waals surface area contributed by atoms with Crippen LogP contribution in [0.5, 0.6) is 0 Å². The second-order valence-corrected chi connectivity index (χ2v) is 13.4. The van der Waals surface area contributed by atoms with Crippen molar-refractivity contribution in [2.24, 2.45) is 45.3 Å². The van der Waals surface area contributed by atoms with Crippen LogP contribution < -0.4 is 0 Å². The SMILES string of the molecule is CC(C)N1CC2CC2(C(C)(C)CC2CC2CN2CC3CC3(C(C)(C)C)C2)C1. The van der Waals surface area contributed by atoms with Crippen LogP contribution in [-0.4, -0.2) is 48.6 Å². The number of fused-ring (bicyclic) bond motifs is 2. The molecule has 0 spiro atoms. The van der Waals surface area contributed by atoms with Gasteiger partial charge >= 0.3 is 0 Å². The molecule has 6 atom stereocenters. The third kappa shape index (κ3) is 2.79. The Labute approximate surface area is 168 Å². The Bertz CT molecular complexity index is 616. The topological polar surface area (TPSA) is 6.48 Å². The molecule has 0 N–H and O–H groups in total. The Kier molecular flexibility index (Phi) is 3.88. The summed E-state index contributed by atoms with van der Waals surface area (Å²) in [5, 5.41) is 0. The second kappa shape index (κ2) is 5.54. The number of nitrogens with zero attached hydrogens (tertiary/aromatic N) is 2. The van der Waals surface area contributed by atoms with E-state index < -0.39 is 0 Å². The number of hydrogen-bond donors (Lipinski definition) is 0. The van der Waals surface area contributed by atoms with Crippen LogP contribution in [0.3, 0.4) is 0 Å². The maximum atomic E-state index is 2.85. The number of likely N-dealkylation sites (tertiary alicyclic amines) is 2. The van der Waals surface area contributed by atoms with Crippen molar-refractivity contribution >= 4 is 0 Å². The van der Waals surface area contributed by atoms with Crippen LogP contribution in [0, 0.1) is 45.3 Å². The lowest BCUT2D eigenvalue weighted by atomic mass is 9.71. The van der Waals surface area contributed by atoms with Gasteiger partial charge in [0, 0.05) is 38.8 Å². The number of piperidine rings is 2. The zero-order chi connectivity index (χ0) is 19.4. The minimum atomic E-state index is 0.502. The summed E-state index contributed by atoms with van der Waals surface area (Å²) in [6.07, 6.45) is 6.02. The molecule has 154 valence electrons. The Hall–Kier alpha value is -0.0800. The largest absolute Gasteiger partial charge is 0.302 e. The minimum Gasteiger partial charge on any atom is -0.302 e. The lowest BCUT2D eigenvalue weighted by Gasteiger charge is -2.36. The molecule has 2 heterocycles. The van der Waals surface area contributed by atoms with Gasteiger partial charge in [-0.15, -0.1) is 0 Å². The van der Waals surface area contributed by atoms with Crippen molar-refractivity contribution in [3.8, 4) is 0 Å². The van der Waals surface area contributed by atoms with Gasteiger partial charge in [0.15, 0.2) is 0 Å². The van der Waals surface area contributed by atoms with Gasteiger partial charge in [-0.25, -0.2) is 0 Å². The van der Waals surface area contributed by atoms with Crippen LogP contribution in [0.4, 0.5) is 0 Å². The van der Waals surface area contributed by atoms with E-state index in [0.717, 1.165) is 29.7 Å². The maximum absolute atomic E-state index is 2.85. The Morgan fingerprint density at radius 3 is 2.15 bits per heavy atom. The lowest BCUT2D eigenvalue weighted by Crippen LogP contribution is -2.37. The highest BCUT2D eigenvalue weighted by molar-refractivity contribution is 5.18. The molecule has 0 bridgehead atoms. The highest BCUT2D eigenvalue weighted by Gasteiger charge is 2.68. The second-order valence-electron chi connectivity index (χ2n) is 13.4. The molecule has 27 heavy (non-hydrogen) atoms. The summed E-state index contributed by atoms with van der Waals surface area (Å²) in [6, 6.07) is 0.732. The number of hydrogen-bond acceptors (Lipinski definition) is 2. The van der Waals surface area contributed by atoms with E-state index >= 15 is 0 Å². The summed E-state index contributed by atoms with van der Waals surface area (Å²) in [5.74, 6) is 4.04. The molecule has 0 amide bonds. The highest BCUT2D eigenvalue weighted by atomic mass is 15.2.